The number of alkyl halides is 2. The minimum absolute atomic E-state index is 0.0523. The lowest BCUT2D eigenvalue weighted by Crippen LogP contribution is -2.49. The smallest absolute Gasteiger partial charge is 0.341 e. The molecule has 1 aromatic carbocycles. The largest absolute Gasteiger partial charge is 0.368 e. The van der Waals surface area contributed by atoms with Gasteiger partial charge in [0.05, 0.1) is 16.6 Å². The highest BCUT2D eigenvalue weighted by Crippen LogP contribution is 2.31. The molecule has 9 heteroatoms. The summed E-state index contributed by atoms with van der Waals surface area (Å²) in [6.45, 7) is 2.20. The van der Waals surface area contributed by atoms with Gasteiger partial charge in [0.25, 0.3) is 0 Å². The van der Waals surface area contributed by atoms with Crippen LogP contribution in [0.15, 0.2) is 29.2 Å². The number of hydrogen-bond donors (Lipinski definition) is 1. The van der Waals surface area contributed by atoms with Crippen LogP contribution in [0.4, 0.5) is 19.3 Å². The molecule has 132 valence electrons. The number of benzene rings is 1. The molecule has 1 unspecified atom stereocenters. The number of carbonyl (C=O) groups is 1. The van der Waals surface area contributed by atoms with Gasteiger partial charge in [0.15, 0.2) is 0 Å². The molecule has 1 atom stereocenters. The standard InChI is InChI=1S/C15H19F2N3O3S/c16-14(17)24(22,23)13-6-2-1-5-12(13)19-8-3-4-11(10-19)20-9-7-18-15(20)21/h1-2,5-6,11,14H,3-4,7-10H2,(H,18,21). The normalized spacial score (nSPS) is 22.1. The van der Waals surface area contributed by atoms with Gasteiger partial charge in [-0.2, -0.15) is 8.78 Å². The summed E-state index contributed by atoms with van der Waals surface area (Å²) in [4.78, 5) is 15.0. The number of hydrogen-bond acceptors (Lipinski definition) is 4. The van der Waals surface area contributed by atoms with Gasteiger partial charge in [0, 0.05) is 26.2 Å². The van der Waals surface area contributed by atoms with Crippen LogP contribution in [0.1, 0.15) is 12.8 Å². The fourth-order valence-corrected chi connectivity index (χ4v) is 4.27. The Bertz CT molecular complexity index is 726. The molecule has 2 heterocycles. The van der Waals surface area contributed by atoms with E-state index < -0.39 is 15.6 Å². The van der Waals surface area contributed by atoms with Gasteiger partial charge < -0.3 is 15.1 Å². The second-order valence-electron chi connectivity index (χ2n) is 5.94. The Morgan fingerprint density at radius 3 is 2.62 bits per heavy atom. The SMILES string of the molecule is O=C1NCCN1C1CCCN(c2ccccc2S(=O)(=O)C(F)F)C1. The fraction of sp³-hybridized carbons (Fsp3) is 0.533. The number of amides is 2. The summed E-state index contributed by atoms with van der Waals surface area (Å²) in [5.74, 6) is -3.46. The Morgan fingerprint density at radius 2 is 1.96 bits per heavy atom. The zero-order chi connectivity index (χ0) is 17.3. The van der Waals surface area contributed by atoms with E-state index in [0.29, 0.717) is 26.2 Å². The van der Waals surface area contributed by atoms with Crippen molar-refractivity contribution in [3.8, 4) is 0 Å². The number of para-hydroxylation sites is 1. The van der Waals surface area contributed by atoms with Gasteiger partial charge in [-0.15, -0.1) is 0 Å². The number of urea groups is 1. The molecule has 6 nitrogen and oxygen atoms in total. The van der Waals surface area contributed by atoms with Crippen molar-refractivity contribution in [2.24, 2.45) is 0 Å². The predicted molar refractivity (Wildman–Crippen MR) is 85.0 cm³/mol. The number of halogens is 2. The van der Waals surface area contributed by atoms with Crippen LogP contribution in [0.2, 0.25) is 0 Å². The Morgan fingerprint density at radius 1 is 1.21 bits per heavy atom. The van der Waals surface area contributed by atoms with Crippen molar-refractivity contribution >= 4 is 21.6 Å². The number of anilines is 1. The van der Waals surface area contributed by atoms with Gasteiger partial charge in [-0.1, -0.05) is 12.1 Å². The molecular weight excluding hydrogens is 340 g/mol. The van der Waals surface area contributed by atoms with Gasteiger partial charge in [0.2, 0.25) is 9.84 Å². The first-order valence-electron chi connectivity index (χ1n) is 7.82. The van der Waals surface area contributed by atoms with Crippen molar-refractivity contribution in [3.63, 3.8) is 0 Å². The van der Waals surface area contributed by atoms with Crippen molar-refractivity contribution < 1.29 is 22.0 Å². The van der Waals surface area contributed by atoms with E-state index >= 15 is 0 Å². The lowest BCUT2D eigenvalue weighted by atomic mass is 10.0. The van der Waals surface area contributed by atoms with Crippen molar-refractivity contribution in [1.82, 2.24) is 10.2 Å². The highest BCUT2D eigenvalue weighted by atomic mass is 32.2. The molecule has 3 rings (SSSR count). The molecule has 24 heavy (non-hydrogen) atoms. The van der Waals surface area contributed by atoms with Crippen molar-refractivity contribution in [2.75, 3.05) is 31.1 Å². The van der Waals surface area contributed by atoms with Gasteiger partial charge in [-0.3, -0.25) is 0 Å². The zero-order valence-electron chi connectivity index (χ0n) is 13.0. The third-order valence-electron chi connectivity index (χ3n) is 4.47. The first-order chi connectivity index (χ1) is 11.4. The Hall–Kier alpha value is -1.90. The van der Waals surface area contributed by atoms with Crippen molar-refractivity contribution in [1.29, 1.82) is 0 Å². The van der Waals surface area contributed by atoms with Crippen LogP contribution in [-0.2, 0) is 9.84 Å². The maximum Gasteiger partial charge on any atom is 0.341 e. The van der Waals surface area contributed by atoms with Crippen LogP contribution in [-0.4, -0.2) is 57.3 Å². The summed E-state index contributed by atoms with van der Waals surface area (Å²) in [5, 5.41) is 2.75. The monoisotopic (exact) mass is 359 g/mol. The summed E-state index contributed by atoms with van der Waals surface area (Å²) < 4.78 is 49.8. The first-order valence-corrected chi connectivity index (χ1v) is 9.36. The summed E-state index contributed by atoms with van der Waals surface area (Å²) in [5.41, 5.74) is 0.280. The number of piperidine rings is 1. The average Bonchev–Trinajstić information content (AvgIpc) is 3.01. The lowest BCUT2D eigenvalue weighted by molar-refractivity contribution is 0.189. The maximum absolute atomic E-state index is 13.0. The summed E-state index contributed by atoms with van der Waals surface area (Å²) >= 11 is 0. The van der Waals surface area contributed by atoms with E-state index in [2.05, 4.69) is 5.32 Å². The van der Waals surface area contributed by atoms with E-state index in [1.807, 2.05) is 0 Å². The molecular formula is C15H19F2N3O3S. The van der Waals surface area contributed by atoms with Gasteiger partial charge in [0.1, 0.15) is 0 Å². The van der Waals surface area contributed by atoms with Crippen LogP contribution in [0.25, 0.3) is 0 Å². The summed E-state index contributed by atoms with van der Waals surface area (Å²) in [6, 6.07) is 5.64. The van der Waals surface area contributed by atoms with E-state index in [4.69, 9.17) is 0 Å². The average molecular weight is 359 g/mol. The van der Waals surface area contributed by atoms with E-state index in [-0.39, 0.29) is 22.7 Å². The molecule has 2 fully saturated rings. The highest BCUT2D eigenvalue weighted by molar-refractivity contribution is 7.91. The van der Waals surface area contributed by atoms with Gasteiger partial charge in [-0.05, 0) is 25.0 Å². The van der Waals surface area contributed by atoms with E-state index in [1.165, 1.54) is 12.1 Å². The fourth-order valence-electron chi connectivity index (χ4n) is 3.32. The van der Waals surface area contributed by atoms with Crippen molar-refractivity contribution in [2.45, 2.75) is 29.5 Å². The number of sulfone groups is 1. The molecule has 0 aromatic heterocycles. The number of carbonyl (C=O) groups excluding carboxylic acids is 1. The molecule has 0 saturated carbocycles. The highest BCUT2D eigenvalue weighted by Gasteiger charge is 2.34. The molecule has 2 amide bonds. The van der Waals surface area contributed by atoms with E-state index in [1.54, 1.807) is 21.9 Å². The van der Waals surface area contributed by atoms with Crippen molar-refractivity contribution in [3.05, 3.63) is 24.3 Å². The van der Waals surface area contributed by atoms with Crippen LogP contribution in [0, 0.1) is 0 Å². The van der Waals surface area contributed by atoms with Crippen LogP contribution < -0.4 is 10.2 Å². The predicted octanol–water partition coefficient (Wildman–Crippen LogP) is 1.68. The van der Waals surface area contributed by atoms with Crippen LogP contribution in [0.3, 0.4) is 0 Å². The zero-order valence-corrected chi connectivity index (χ0v) is 13.8. The molecule has 0 spiro atoms. The van der Waals surface area contributed by atoms with E-state index in [0.717, 1.165) is 12.8 Å². The molecule has 0 radical (unpaired) electrons. The maximum atomic E-state index is 13.0. The molecule has 1 N–H and O–H groups in total. The number of nitrogens with zero attached hydrogens (tertiary/aromatic N) is 2. The topological polar surface area (TPSA) is 69.7 Å². The Kier molecular flexibility index (Phi) is 4.62. The third kappa shape index (κ3) is 3.04. The first kappa shape index (κ1) is 16.9. The van der Waals surface area contributed by atoms with Gasteiger partial charge >= 0.3 is 11.8 Å². The summed E-state index contributed by atoms with van der Waals surface area (Å²) in [7, 11) is -4.67. The Labute approximate surface area is 139 Å². The number of rotatable bonds is 4. The molecule has 1 aromatic rings. The second-order valence-corrected chi connectivity index (χ2v) is 7.83. The minimum Gasteiger partial charge on any atom is -0.368 e. The molecule has 2 aliphatic heterocycles. The molecule has 2 aliphatic rings. The lowest BCUT2D eigenvalue weighted by Gasteiger charge is -2.38. The van der Waals surface area contributed by atoms with Crippen LogP contribution >= 0.6 is 0 Å². The molecule has 0 bridgehead atoms. The second kappa shape index (κ2) is 6.54. The molecule has 0 aliphatic carbocycles. The van der Waals surface area contributed by atoms with Gasteiger partial charge in [-0.25, -0.2) is 13.2 Å². The quantitative estimate of drug-likeness (QED) is 0.888. The third-order valence-corrected chi connectivity index (χ3v) is 5.90. The van der Waals surface area contributed by atoms with Crippen LogP contribution in [0.5, 0.6) is 0 Å². The number of nitrogens with one attached hydrogen (secondary N) is 1. The summed E-state index contributed by atoms with van der Waals surface area (Å²) in [6.07, 6.45) is 1.57. The van der Waals surface area contributed by atoms with E-state index in [9.17, 15) is 22.0 Å². The Balaban J connectivity index is 1.88. The molecule has 2 saturated heterocycles. The minimum atomic E-state index is -4.67.